The Morgan fingerprint density at radius 2 is 1.95 bits per heavy atom. The molecule has 3 rings (SSSR count). The maximum atomic E-state index is 11.5. The van der Waals surface area contributed by atoms with Crippen molar-refractivity contribution in [1.82, 2.24) is 4.98 Å². The van der Waals surface area contributed by atoms with Gasteiger partial charge >= 0.3 is 0 Å². The number of aromatic nitrogens is 1. The van der Waals surface area contributed by atoms with Crippen LogP contribution < -0.4 is 10.5 Å². The summed E-state index contributed by atoms with van der Waals surface area (Å²) >= 11 is 0. The van der Waals surface area contributed by atoms with Crippen molar-refractivity contribution in [3.8, 4) is 5.75 Å². The molecule has 0 saturated heterocycles. The predicted molar refractivity (Wildman–Crippen MR) is 86.9 cm³/mol. The fourth-order valence-corrected chi connectivity index (χ4v) is 2.22. The highest BCUT2D eigenvalue weighted by Crippen LogP contribution is 2.18. The molecule has 1 aromatic heterocycles. The van der Waals surface area contributed by atoms with Gasteiger partial charge in [-0.05, 0) is 31.2 Å². The van der Waals surface area contributed by atoms with E-state index < -0.39 is 0 Å². The number of nitrogens with zero attached hydrogens (tertiary/aromatic N) is 1. The van der Waals surface area contributed by atoms with Gasteiger partial charge in [0.2, 0.25) is 0 Å². The molecule has 0 amide bonds. The molecule has 3 aromatic rings. The van der Waals surface area contributed by atoms with Crippen LogP contribution in [0.25, 0.3) is 10.9 Å². The number of anilines is 1. The van der Waals surface area contributed by atoms with Gasteiger partial charge in [-0.15, -0.1) is 0 Å². The van der Waals surface area contributed by atoms with Crippen molar-refractivity contribution < 1.29 is 9.53 Å². The number of nitrogen functional groups attached to an aromatic ring is 1. The number of Topliss-reactive ketones (excluding diaryl/α,β-unsaturated/α-hetero) is 1. The zero-order chi connectivity index (χ0) is 15.5. The molecule has 2 N–H and O–H groups in total. The summed E-state index contributed by atoms with van der Waals surface area (Å²) in [6.45, 7) is 1.90. The van der Waals surface area contributed by atoms with Crippen molar-refractivity contribution >= 4 is 22.4 Å². The fourth-order valence-electron chi connectivity index (χ4n) is 2.22. The highest BCUT2D eigenvalue weighted by atomic mass is 16.5. The molecule has 0 saturated carbocycles. The van der Waals surface area contributed by atoms with E-state index in [1.165, 1.54) is 0 Å². The molecule has 4 nitrogen and oxygen atoms in total. The number of fused-ring (bicyclic) bond motifs is 1. The van der Waals surface area contributed by atoms with E-state index in [0.29, 0.717) is 23.6 Å². The lowest BCUT2D eigenvalue weighted by molar-refractivity contribution is 0.101. The van der Waals surface area contributed by atoms with E-state index in [2.05, 4.69) is 4.98 Å². The van der Waals surface area contributed by atoms with Crippen LogP contribution in [0.1, 0.15) is 23.0 Å². The van der Waals surface area contributed by atoms with Gasteiger partial charge in [-0.2, -0.15) is 0 Å². The van der Waals surface area contributed by atoms with E-state index in [0.717, 1.165) is 16.6 Å². The lowest BCUT2D eigenvalue weighted by Gasteiger charge is -2.07. The molecule has 0 fully saturated rings. The summed E-state index contributed by atoms with van der Waals surface area (Å²) < 4.78 is 5.69. The van der Waals surface area contributed by atoms with Crippen LogP contribution >= 0.6 is 0 Å². The number of rotatable bonds is 4. The Labute approximate surface area is 128 Å². The first kappa shape index (κ1) is 14.1. The maximum Gasteiger partial charge on any atom is 0.159 e. The van der Waals surface area contributed by atoms with Crippen molar-refractivity contribution in [2.24, 2.45) is 0 Å². The molecular weight excluding hydrogens is 276 g/mol. The first-order chi connectivity index (χ1) is 10.6. The highest BCUT2D eigenvalue weighted by Gasteiger charge is 2.04. The number of carbonyl (C=O) groups is 1. The van der Waals surface area contributed by atoms with Crippen LogP contribution in [0.15, 0.2) is 54.6 Å². The van der Waals surface area contributed by atoms with Crippen molar-refractivity contribution in [2.45, 2.75) is 13.5 Å². The Balaban J connectivity index is 1.83. The first-order valence-electron chi connectivity index (χ1n) is 7.01. The molecule has 22 heavy (non-hydrogen) atoms. The Morgan fingerprint density at radius 3 is 2.73 bits per heavy atom. The number of hydrogen-bond donors (Lipinski definition) is 1. The second-order valence-corrected chi connectivity index (χ2v) is 5.13. The van der Waals surface area contributed by atoms with Gasteiger partial charge in [0.15, 0.2) is 5.78 Å². The smallest absolute Gasteiger partial charge is 0.159 e. The molecule has 0 atom stereocenters. The van der Waals surface area contributed by atoms with Crippen LogP contribution in [0.4, 0.5) is 5.69 Å². The quantitative estimate of drug-likeness (QED) is 0.589. The molecular formula is C18H16N2O2. The Bertz CT molecular complexity index is 843. The number of carbonyl (C=O) groups excluding carboxylic acids is 1. The van der Waals surface area contributed by atoms with E-state index in [1.54, 1.807) is 13.0 Å². The summed E-state index contributed by atoms with van der Waals surface area (Å²) in [5.41, 5.74) is 8.64. The summed E-state index contributed by atoms with van der Waals surface area (Å²) in [5.74, 6) is 0.740. The molecule has 0 aliphatic heterocycles. The molecule has 0 radical (unpaired) electrons. The van der Waals surface area contributed by atoms with Gasteiger partial charge in [0.05, 0.1) is 11.2 Å². The van der Waals surface area contributed by atoms with Crippen molar-refractivity contribution in [3.63, 3.8) is 0 Å². The standard InChI is InChI=1S/C18H16N2O2/c1-12(21)14-6-5-13-7-8-16(20-18(13)9-14)11-22-17-4-2-3-15(19)10-17/h2-10H,11,19H2,1H3. The largest absolute Gasteiger partial charge is 0.487 e. The number of ether oxygens (including phenoxy) is 1. The third-order valence-corrected chi connectivity index (χ3v) is 3.40. The van der Waals surface area contributed by atoms with E-state index in [-0.39, 0.29) is 5.78 Å². The maximum absolute atomic E-state index is 11.5. The van der Waals surface area contributed by atoms with E-state index >= 15 is 0 Å². The van der Waals surface area contributed by atoms with Crippen molar-refractivity contribution in [1.29, 1.82) is 0 Å². The normalized spacial score (nSPS) is 10.6. The molecule has 1 heterocycles. The predicted octanol–water partition coefficient (Wildman–Crippen LogP) is 3.60. The minimum absolute atomic E-state index is 0.0325. The lowest BCUT2D eigenvalue weighted by atomic mass is 10.1. The third-order valence-electron chi connectivity index (χ3n) is 3.40. The van der Waals surface area contributed by atoms with Crippen LogP contribution in [0.5, 0.6) is 5.75 Å². The molecule has 0 bridgehead atoms. The van der Waals surface area contributed by atoms with E-state index in [4.69, 9.17) is 10.5 Å². The summed E-state index contributed by atoms with van der Waals surface area (Å²) in [6.07, 6.45) is 0. The number of ketones is 1. The van der Waals surface area contributed by atoms with Gasteiger partial charge < -0.3 is 10.5 Å². The molecule has 110 valence electrons. The average Bonchev–Trinajstić information content (AvgIpc) is 2.52. The SMILES string of the molecule is CC(=O)c1ccc2ccc(COc3cccc(N)c3)nc2c1. The van der Waals surface area contributed by atoms with Crippen molar-refractivity contribution in [3.05, 3.63) is 65.9 Å². The molecule has 4 heteroatoms. The van der Waals surface area contributed by atoms with Gasteiger partial charge in [-0.1, -0.05) is 24.3 Å². The molecule has 0 aliphatic rings. The number of nitrogens with two attached hydrogens (primary N) is 1. The van der Waals surface area contributed by atoms with Crippen LogP contribution in [0.2, 0.25) is 0 Å². The van der Waals surface area contributed by atoms with Crippen LogP contribution in [0.3, 0.4) is 0 Å². The Morgan fingerprint density at radius 1 is 1.14 bits per heavy atom. The zero-order valence-corrected chi connectivity index (χ0v) is 12.2. The first-order valence-corrected chi connectivity index (χ1v) is 7.01. The third kappa shape index (κ3) is 3.06. The van der Waals surface area contributed by atoms with Crippen LogP contribution in [-0.4, -0.2) is 10.8 Å². The zero-order valence-electron chi connectivity index (χ0n) is 12.2. The van der Waals surface area contributed by atoms with Gasteiger partial charge in [-0.3, -0.25) is 4.79 Å². The lowest BCUT2D eigenvalue weighted by Crippen LogP contribution is -1.99. The molecule has 2 aromatic carbocycles. The molecule has 0 aliphatic carbocycles. The van der Waals surface area contributed by atoms with Gasteiger partial charge in [0.1, 0.15) is 12.4 Å². The number of benzene rings is 2. The Hall–Kier alpha value is -2.88. The van der Waals surface area contributed by atoms with Gasteiger partial charge in [0.25, 0.3) is 0 Å². The monoisotopic (exact) mass is 292 g/mol. The van der Waals surface area contributed by atoms with Crippen LogP contribution in [0, 0.1) is 0 Å². The topological polar surface area (TPSA) is 65.2 Å². The molecule has 0 spiro atoms. The van der Waals surface area contributed by atoms with E-state index in [1.807, 2.05) is 48.5 Å². The number of pyridine rings is 1. The minimum Gasteiger partial charge on any atom is -0.487 e. The van der Waals surface area contributed by atoms with Crippen molar-refractivity contribution in [2.75, 3.05) is 5.73 Å². The van der Waals surface area contributed by atoms with Gasteiger partial charge in [0, 0.05) is 22.7 Å². The second kappa shape index (κ2) is 5.85. The summed E-state index contributed by atoms with van der Waals surface area (Å²) in [6, 6.07) is 16.7. The fraction of sp³-hybridized carbons (Fsp3) is 0.111. The highest BCUT2D eigenvalue weighted by molar-refractivity contribution is 5.97. The second-order valence-electron chi connectivity index (χ2n) is 5.13. The Kier molecular flexibility index (Phi) is 3.74. The van der Waals surface area contributed by atoms with Gasteiger partial charge in [-0.25, -0.2) is 4.98 Å². The van der Waals surface area contributed by atoms with E-state index in [9.17, 15) is 4.79 Å². The molecule has 0 unspecified atom stereocenters. The minimum atomic E-state index is 0.0325. The summed E-state index contributed by atoms with van der Waals surface area (Å²) in [7, 11) is 0. The average molecular weight is 292 g/mol. The van der Waals surface area contributed by atoms with Crippen LogP contribution in [-0.2, 0) is 6.61 Å². The summed E-state index contributed by atoms with van der Waals surface area (Å²) in [4.78, 5) is 16.0. The number of hydrogen-bond acceptors (Lipinski definition) is 4. The summed E-state index contributed by atoms with van der Waals surface area (Å²) in [5, 5.41) is 0.998.